The molecule has 1 aromatic heterocycles. The maximum atomic E-state index is 8.92. The summed E-state index contributed by atoms with van der Waals surface area (Å²) in [7, 11) is 1.86. The molecule has 0 aliphatic carbocycles. The number of hydrogen-bond acceptors (Lipinski definition) is 3. The minimum Gasteiger partial charge on any atom is -0.326 e. The molecule has 0 radical (unpaired) electrons. The summed E-state index contributed by atoms with van der Waals surface area (Å²) < 4.78 is 1.73. The standard InChI is InChI=1S/C12H12N4/c1-16-8-12(7-15-16)11-3-9(5-13)2-10(4-11)6-14/h2-4,7-8H,5,13H2,1H3. The van der Waals surface area contributed by atoms with Crippen molar-refractivity contribution < 1.29 is 0 Å². The van der Waals surface area contributed by atoms with E-state index in [4.69, 9.17) is 11.0 Å². The predicted octanol–water partition coefficient (Wildman–Crippen LogP) is 1.42. The number of aryl methyl sites for hydroxylation is 1. The van der Waals surface area contributed by atoms with E-state index in [9.17, 15) is 0 Å². The Labute approximate surface area is 93.9 Å². The van der Waals surface area contributed by atoms with Crippen LogP contribution in [0, 0.1) is 11.3 Å². The van der Waals surface area contributed by atoms with E-state index in [1.807, 2.05) is 25.4 Å². The average Bonchev–Trinajstić information content (AvgIpc) is 2.75. The number of benzene rings is 1. The molecule has 1 aromatic carbocycles. The Balaban J connectivity index is 2.52. The van der Waals surface area contributed by atoms with E-state index in [1.54, 1.807) is 16.9 Å². The Hall–Kier alpha value is -2.12. The van der Waals surface area contributed by atoms with E-state index in [0.29, 0.717) is 12.1 Å². The van der Waals surface area contributed by atoms with E-state index in [0.717, 1.165) is 16.7 Å². The molecule has 4 heteroatoms. The summed E-state index contributed by atoms with van der Waals surface area (Å²) in [5.41, 5.74) is 9.15. The van der Waals surface area contributed by atoms with Crippen LogP contribution in [0.4, 0.5) is 0 Å². The minimum atomic E-state index is 0.433. The van der Waals surface area contributed by atoms with E-state index in [-0.39, 0.29) is 0 Å². The van der Waals surface area contributed by atoms with Crippen LogP contribution in [0.1, 0.15) is 11.1 Å². The number of hydrogen-bond donors (Lipinski definition) is 1. The molecule has 0 aliphatic heterocycles. The van der Waals surface area contributed by atoms with Crippen LogP contribution in [0.5, 0.6) is 0 Å². The van der Waals surface area contributed by atoms with Gasteiger partial charge in [0.25, 0.3) is 0 Å². The number of rotatable bonds is 2. The Bertz CT molecular complexity index is 548. The van der Waals surface area contributed by atoms with Gasteiger partial charge in [-0.05, 0) is 29.3 Å². The molecule has 0 saturated heterocycles. The van der Waals surface area contributed by atoms with Crippen molar-refractivity contribution in [3.63, 3.8) is 0 Å². The van der Waals surface area contributed by atoms with Gasteiger partial charge in [0, 0.05) is 25.4 Å². The van der Waals surface area contributed by atoms with Crippen LogP contribution in [0.15, 0.2) is 30.6 Å². The lowest BCUT2D eigenvalue weighted by Crippen LogP contribution is -1.97. The Morgan fingerprint density at radius 1 is 1.38 bits per heavy atom. The number of nitriles is 1. The third-order valence-corrected chi connectivity index (χ3v) is 2.40. The SMILES string of the molecule is Cn1cc(-c2cc(C#N)cc(CN)c2)cn1. The maximum Gasteiger partial charge on any atom is 0.0991 e. The third kappa shape index (κ3) is 1.95. The van der Waals surface area contributed by atoms with Gasteiger partial charge >= 0.3 is 0 Å². The molecule has 80 valence electrons. The fraction of sp³-hybridized carbons (Fsp3) is 0.167. The molecule has 2 aromatic rings. The smallest absolute Gasteiger partial charge is 0.0991 e. The van der Waals surface area contributed by atoms with Crippen LogP contribution >= 0.6 is 0 Å². The molecule has 1 heterocycles. The van der Waals surface area contributed by atoms with Crippen LogP contribution in [-0.4, -0.2) is 9.78 Å². The van der Waals surface area contributed by atoms with Gasteiger partial charge in [0.1, 0.15) is 0 Å². The van der Waals surface area contributed by atoms with Gasteiger partial charge in [-0.25, -0.2) is 0 Å². The maximum absolute atomic E-state index is 8.92. The number of aromatic nitrogens is 2. The first kappa shape index (κ1) is 10.4. The molecule has 0 bridgehead atoms. The highest BCUT2D eigenvalue weighted by Crippen LogP contribution is 2.21. The van der Waals surface area contributed by atoms with E-state index in [2.05, 4.69) is 11.2 Å². The third-order valence-electron chi connectivity index (χ3n) is 2.40. The van der Waals surface area contributed by atoms with Crippen molar-refractivity contribution in [3.05, 3.63) is 41.7 Å². The quantitative estimate of drug-likeness (QED) is 0.818. The van der Waals surface area contributed by atoms with Gasteiger partial charge in [0.2, 0.25) is 0 Å². The summed E-state index contributed by atoms with van der Waals surface area (Å²) in [6.07, 6.45) is 3.69. The Kier molecular flexibility index (Phi) is 2.71. The van der Waals surface area contributed by atoms with Gasteiger partial charge in [0.15, 0.2) is 0 Å². The molecular formula is C12H12N4. The summed E-state index contributed by atoms with van der Waals surface area (Å²) >= 11 is 0. The lowest BCUT2D eigenvalue weighted by atomic mass is 10.0. The Morgan fingerprint density at radius 3 is 2.75 bits per heavy atom. The summed E-state index contributed by atoms with van der Waals surface area (Å²) in [5.74, 6) is 0. The lowest BCUT2D eigenvalue weighted by Gasteiger charge is -2.02. The molecular weight excluding hydrogens is 200 g/mol. The van der Waals surface area contributed by atoms with Crippen molar-refractivity contribution in [3.8, 4) is 17.2 Å². The molecule has 0 saturated carbocycles. The highest BCUT2D eigenvalue weighted by Gasteiger charge is 2.04. The zero-order valence-electron chi connectivity index (χ0n) is 9.01. The van der Waals surface area contributed by atoms with Crippen LogP contribution in [0.25, 0.3) is 11.1 Å². The largest absolute Gasteiger partial charge is 0.326 e. The van der Waals surface area contributed by atoms with Crippen LogP contribution in [-0.2, 0) is 13.6 Å². The number of nitrogens with two attached hydrogens (primary N) is 1. The monoisotopic (exact) mass is 212 g/mol. The predicted molar refractivity (Wildman–Crippen MR) is 61.3 cm³/mol. The van der Waals surface area contributed by atoms with Gasteiger partial charge in [-0.15, -0.1) is 0 Å². The fourth-order valence-corrected chi connectivity index (χ4v) is 1.61. The molecule has 0 unspecified atom stereocenters. The molecule has 0 atom stereocenters. The van der Waals surface area contributed by atoms with Crippen molar-refractivity contribution in [2.45, 2.75) is 6.54 Å². The van der Waals surface area contributed by atoms with Crippen molar-refractivity contribution in [1.29, 1.82) is 5.26 Å². The minimum absolute atomic E-state index is 0.433. The second-order valence-corrected chi connectivity index (χ2v) is 3.64. The molecule has 4 nitrogen and oxygen atoms in total. The first-order valence-electron chi connectivity index (χ1n) is 4.96. The van der Waals surface area contributed by atoms with Crippen LogP contribution < -0.4 is 5.73 Å². The molecule has 0 amide bonds. The Morgan fingerprint density at radius 2 is 2.19 bits per heavy atom. The van der Waals surface area contributed by atoms with Crippen molar-refractivity contribution in [2.75, 3.05) is 0 Å². The fourth-order valence-electron chi connectivity index (χ4n) is 1.61. The highest BCUT2D eigenvalue weighted by molar-refractivity contribution is 5.64. The van der Waals surface area contributed by atoms with Crippen LogP contribution in [0.2, 0.25) is 0 Å². The molecule has 0 aliphatic rings. The van der Waals surface area contributed by atoms with E-state index >= 15 is 0 Å². The topological polar surface area (TPSA) is 67.6 Å². The average molecular weight is 212 g/mol. The molecule has 0 spiro atoms. The zero-order chi connectivity index (χ0) is 11.5. The normalized spacial score (nSPS) is 10.1. The molecule has 0 fully saturated rings. The van der Waals surface area contributed by atoms with Gasteiger partial charge in [-0.3, -0.25) is 4.68 Å². The molecule has 16 heavy (non-hydrogen) atoms. The lowest BCUT2D eigenvalue weighted by molar-refractivity contribution is 0.768. The summed E-state index contributed by atoms with van der Waals surface area (Å²) in [4.78, 5) is 0. The van der Waals surface area contributed by atoms with Crippen LogP contribution in [0.3, 0.4) is 0 Å². The number of nitrogens with zero attached hydrogens (tertiary/aromatic N) is 3. The zero-order valence-corrected chi connectivity index (χ0v) is 9.01. The summed E-state index contributed by atoms with van der Waals surface area (Å²) in [5, 5.41) is 13.0. The summed E-state index contributed by atoms with van der Waals surface area (Å²) in [6, 6.07) is 7.77. The van der Waals surface area contributed by atoms with E-state index < -0.39 is 0 Å². The highest BCUT2D eigenvalue weighted by atomic mass is 15.2. The molecule has 2 rings (SSSR count). The van der Waals surface area contributed by atoms with Gasteiger partial charge in [0.05, 0.1) is 17.8 Å². The van der Waals surface area contributed by atoms with Gasteiger partial charge < -0.3 is 5.73 Å². The molecule has 2 N–H and O–H groups in total. The summed E-state index contributed by atoms with van der Waals surface area (Å²) in [6.45, 7) is 0.433. The first-order valence-corrected chi connectivity index (χ1v) is 4.96. The van der Waals surface area contributed by atoms with Crippen molar-refractivity contribution in [1.82, 2.24) is 9.78 Å². The van der Waals surface area contributed by atoms with Crippen molar-refractivity contribution >= 4 is 0 Å². The van der Waals surface area contributed by atoms with Crippen molar-refractivity contribution in [2.24, 2.45) is 12.8 Å². The second kappa shape index (κ2) is 4.17. The van der Waals surface area contributed by atoms with Gasteiger partial charge in [-0.2, -0.15) is 10.4 Å². The first-order chi connectivity index (χ1) is 7.72. The van der Waals surface area contributed by atoms with Gasteiger partial charge in [-0.1, -0.05) is 0 Å². The van der Waals surface area contributed by atoms with E-state index in [1.165, 1.54) is 0 Å². The second-order valence-electron chi connectivity index (χ2n) is 3.64.